The molecule has 1 aromatic rings. The number of rotatable bonds is 5. The van der Waals surface area contributed by atoms with E-state index >= 15 is 0 Å². The van der Waals surface area contributed by atoms with Gasteiger partial charge >= 0.3 is 0 Å². The third-order valence-electron chi connectivity index (χ3n) is 2.54. The van der Waals surface area contributed by atoms with Crippen molar-refractivity contribution in [3.05, 3.63) is 23.8 Å². The molecule has 1 aliphatic heterocycles. The van der Waals surface area contributed by atoms with E-state index in [1.165, 1.54) is 0 Å². The monoisotopic (exact) mass is 259 g/mol. The third-order valence-corrected chi connectivity index (χ3v) is 2.54. The van der Waals surface area contributed by atoms with Crippen LogP contribution in [0.25, 0.3) is 0 Å². The lowest BCUT2D eigenvalue weighted by atomic mass is 10.1. The summed E-state index contributed by atoms with van der Waals surface area (Å²) in [6.07, 6.45) is -2.47. The fourth-order valence-electron chi connectivity index (χ4n) is 1.67. The number of hydrogen-bond acceptors (Lipinski definition) is 4. The van der Waals surface area contributed by atoms with Crippen molar-refractivity contribution in [1.82, 2.24) is 0 Å². The van der Waals surface area contributed by atoms with E-state index in [0.717, 1.165) is 5.56 Å². The van der Waals surface area contributed by atoms with Crippen molar-refractivity contribution >= 4 is 0 Å². The first-order valence-corrected chi connectivity index (χ1v) is 5.68. The minimum Gasteiger partial charge on any atom is -0.486 e. The molecule has 18 heavy (non-hydrogen) atoms. The predicted molar refractivity (Wildman–Crippen MR) is 61.2 cm³/mol. The molecule has 0 bridgehead atoms. The second-order valence-electron chi connectivity index (χ2n) is 3.94. The lowest BCUT2D eigenvalue weighted by molar-refractivity contribution is 0.0125. The van der Waals surface area contributed by atoms with Gasteiger partial charge in [-0.3, -0.25) is 0 Å². The number of benzene rings is 1. The minimum atomic E-state index is -2.47. The zero-order valence-electron chi connectivity index (χ0n) is 9.77. The highest BCUT2D eigenvalue weighted by atomic mass is 19.3. The Morgan fingerprint density at radius 3 is 2.61 bits per heavy atom. The van der Waals surface area contributed by atoms with Gasteiger partial charge in [-0.15, -0.1) is 0 Å². The van der Waals surface area contributed by atoms with E-state index in [0.29, 0.717) is 24.7 Å². The average Bonchev–Trinajstić information content (AvgIpc) is 2.37. The Morgan fingerprint density at radius 1 is 1.17 bits per heavy atom. The van der Waals surface area contributed by atoms with Crippen molar-refractivity contribution in [1.29, 1.82) is 0 Å². The molecule has 0 aliphatic carbocycles. The number of ether oxygens (including phenoxy) is 3. The van der Waals surface area contributed by atoms with E-state index in [-0.39, 0.29) is 6.61 Å². The minimum absolute atomic E-state index is 0.0456. The van der Waals surface area contributed by atoms with Crippen molar-refractivity contribution in [3.63, 3.8) is 0 Å². The van der Waals surface area contributed by atoms with Crippen LogP contribution in [0, 0.1) is 0 Å². The quantitative estimate of drug-likeness (QED) is 0.875. The van der Waals surface area contributed by atoms with E-state index in [9.17, 15) is 8.78 Å². The van der Waals surface area contributed by atoms with Crippen LogP contribution in [0.5, 0.6) is 11.5 Å². The van der Waals surface area contributed by atoms with Crippen LogP contribution < -0.4 is 15.2 Å². The molecule has 0 fully saturated rings. The zero-order chi connectivity index (χ0) is 13.0. The normalized spacial score (nSPS) is 15.8. The van der Waals surface area contributed by atoms with Crippen molar-refractivity contribution in [3.8, 4) is 11.5 Å². The van der Waals surface area contributed by atoms with Crippen molar-refractivity contribution in [2.75, 3.05) is 26.4 Å². The van der Waals surface area contributed by atoms with Gasteiger partial charge < -0.3 is 19.9 Å². The fraction of sp³-hybridized carbons (Fsp3) is 0.500. The number of halogens is 2. The maximum Gasteiger partial charge on any atom is 0.261 e. The Hall–Kier alpha value is -1.40. The molecule has 0 aromatic heterocycles. The van der Waals surface area contributed by atoms with Gasteiger partial charge in [-0.2, -0.15) is 0 Å². The van der Waals surface area contributed by atoms with E-state index < -0.39 is 19.1 Å². The Labute approximate surface area is 104 Å². The first-order chi connectivity index (χ1) is 8.66. The van der Waals surface area contributed by atoms with E-state index in [1.807, 2.05) is 0 Å². The molecule has 0 spiro atoms. The Morgan fingerprint density at radius 2 is 1.89 bits per heavy atom. The molecule has 2 rings (SSSR count). The van der Waals surface area contributed by atoms with Gasteiger partial charge in [-0.1, -0.05) is 6.07 Å². The standard InChI is InChI=1S/C12H15F2NO3/c13-12(14)7-16-6-9(15)8-1-2-10-11(5-8)18-4-3-17-10/h1-2,5,9,12H,3-4,6-7,15H2. The first kappa shape index (κ1) is 13.0. The van der Waals surface area contributed by atoms with Crippen molar-refractivity contribution < 1.29 is 23.0 Å². The van der Waals surface area contributed by atoms with Crippen LogP contribution in [0.4, 0.5) is 8.78 Å². The van der Waals surface area contributed by atoms with E-state index in [1.54, 1.807) is 18.2 Å². The van der Waals surface area contributed by atoms with Crippen LogP contribution in [0.2, 0.25) is 0 Å². The van der Waals surface area contributed by atoms with Crippen LogP contribution in [0.15, 0.2) is 18.2 Å². The number of hydrogen-bond donors (Lipinski definition) is 1. The maximum atomic E-state index is 11.9. The lowest BCUT2D eigenvalue weighted by Crippen LogP contribution is -2.20. The van der Waals surface area contributed by atoms with Gasteiger partial charge in [-0.05, 0) is 17.7 Å². The molecule has 100 valence electrons. The highest BCUT2D eigenvalue weighted by molar-refractivity contribution is 5.44. The molecule has 0 radical (unpaired) electrons. The molecule has 1 heterocycles. The van der Waals surface area contributed by atoms with Crippen LogP contribution in [-0.2, 0) is 4.74 Å². The van der Waals surface area contributed by atoms with Gasteiger partial charge in [0.2, 0.25) is 0 Å². The van der Waals surface area contributed by atoms with Crippen LogP contribution in [0.1, 0.15) is 11.6 Å². The second kappa shape index (κ2) is 5.97. The molecule has 6 heteroatoms. The molecule has 0 saturated carbocycles. The second-order valence-corrected chi connectivity index (χ2v) is 3.94. The number of alkyl halides is 2. The van der Waals surface area contributed by atoms with Gasteiger partial charge in [-0.25, -0.2) is 8.78 Å². The Balaban J connectivity index is 1.95. The largest absolute Gasteiger partial charge is 0.486 e. The molecule has 1 unspecified atom stereocenters. The summed E-state index contributed by atoms with van der Waals surface area (Å²) in [6, 6.07) is 4.84. The SMILES string of the molecule is NC(COCC(F)F)c1ccc2c(c1)OCCO2. The molecule has 1 aliphatic rings. The van der Waals surface area contributed by atoms with Gasteiger partial charge in [0.25, 0.3) is 6.43 Å². The molecule has 4 nitrogen and oxygen atoms in total. The summed E-state index contributed by atoms with van der Waals surface area (Å²) < 4.78 is 39.4. The van der Waals surface area contributed by atoms with Gasteiger partial charge in [0.15, 0.2) is 11.5 Å². The smallest absolute Gasteiger partial charge is 0.261 e. The number of fused-ring (bicyclic) bond motifs is 1. The summed E-state index contributed by atoms with van der Waals surface area (Å²) >= 11 is 0. The summed E-state index contributed by atoms with van der Waals surface area (Å²) in [5.41, 5.74) is 6.62. The molecular formula is C12H15F2NO3. The van der Waals surface area contributed by atoms with Gasteiger partial charge in [0.1, 0.15) is 19.8 Å². The summed E-state index contributed by atoms with van der Waals surface area (Å²) in [7, 11) is 0. The summed E-state index contributed by atoms with van der Waals surface area (Å²) in [5, 5.41) is 0. The Kier molecular flexibility index (Phi) is 4.33. The summed E-state index contributed by atoms with van der Waals surface area (Å²) in [4.78, 5) is 0. The molecule has 2 N–H and O–H groups in total. The average molecular weight is 259 g/mol. The Bertz CT molecular complexity index is 401. The first-order valence-electron chi connectivity index (χ1n) is 5.68. The topological polar surface area (TPSA) is 53.7 Å². The van der Waals surface area contributed by atoms with E-state index in [4.69, 9.17) is 19.9 Å². The van der Waals surface area contributed by atoms with E-state index in [2.05, 4.69) is 0 Å². The number of nitrogens with two attached hydrogens (primary N) is 1. The highest BCUT2D eigenvalue weighted by Crippen LogP contribution is 2.32. The van der Waals surface area contributed by atoms with Crippen LogP contribution in [0.3, 0.4) is 0 Å². The molecule has 1 aromatic carbocycles. The van der Waals surface area contributed by atoms with Gasteiger partial charge in [0.05, 0.1) is 12.6 Å². The summed E-state index contributed by atoms with van der Waals surface area (Å²) in [6.45, 7) is 0.464. The lowest BCUT2D eigenvalue weighted by Gasteiger charge is -2.20. The maximum absolute atomic E-state index is 11.9. The molecule has 0 amide bonds. The van der Waals surface area contributed by atoms with Crippen molar-refractivity contribution in [2.24, 2.45) is 5.73 Å². The zero-order valence-corrected chi connectivity index (χ0v) is 9.77. The van der Waals surface area contributed by atoms with Crippen LogP contribution in [-0.4, -0.2) is 32.9 Å². The molecule has 1 atom stereocenters. The van der Waals surface area contributed by atoms with Crippen LogP contribution >= 0.6 is 0 Å². The van der Waals surface area contributed by atoms with Crippen molar-refractivity contribution in [2.45, 2.75) is 12.5 Å². The highest BCUT2D eigenvalue weighted by Gasteiger charge is 2.15. The van der Waals surface area contributed by atoms with Gasteiger partial charge in [0, 0.05) is 0 Å². The molecular weight excluding hydrogens is 244 g/mol. The summed E-state index contributed by atoms with van der Waals surface area (Å²) in [5.74, 6) is 1.30. The molecule has 0 saturated heterocycles. The predicted octanol–water partition coefficient (Wildman–Crippen LogP) is 1.74. The third kappa shape index (κ3) is 3.30. The fourth-order valence-corrected chi connectivity index (χ4v) is 1.67.